The molecule has 8 nitrogen and oxygen atoms in total. The Kier molecular flexibility index (Phi) is 38.0. The minimum absolute atomic E-state index is 0.0161. The number of allylic oxidation sites excluding steroid dienone is 11. The van der Waals surface area contributed by atoms with Crippen molar-refractivity contribution in [2.45, 2.75) is 187 Å². The van der Waals surface area contributed by atoms with Gasteiger partial charge in [0.25, 0.3) is 7.82 Å². The standard InChI is InChI=1S/C48H87N2O6P/c1-6-8-10-12-14-16-18-20-22-23-24-25-26-28-29-31-33-35-37-39-41-47(51)46(45-56-57(53,54)55-44-43-50(3,4)5)49-48(52)42-40-38-36-34-32-30-27-21-19-17-15-13-11-9-7-2/h9,11,15,17,21,25-27,31,33,39,41,46-47,51H,6-8,10,12-14,16,18-20,22-24,28-30,32,34-38,40,42-45H2,1-5H3,(H-,49,52,53,54)/b11-9-,17-15-,26-25+,27-21-,33-31+,41-39+. The average Bonchev–Trinajstić information content (AvgIpc) is 3.16. The third kappa shape index (κ3) is 41.9. The molecule has 0 aromatic heterocycles. The van der Waals surface area contributed by atoms with E-state index >= 15 is 0 Å². The molecule has 0 saturated heterocycles. The summed E-state index contributed by atoms with van der Waals surface area (Å²) in [6, 6.07) is -0.921. The van der Waals surface area contributed by atoms with Gasteiger partial charge in [0, 0.05) is 6.42 Å². The first kappa shape index (κ1) is 54.9. The van der Waals surface area contributed by atoms with Crippen molar-refractivity contribution in [2.24, 2.45) is 0 Å². The molecule has 0 radical (unpaired) electrons. The average molecular weight is 819 g/mol. The zero-order chi connectivity index (χ0) is 42.1. The molecule has 0 heterocycles. The van der Waals surface area contributed by atoms with Gasteiger partial charge >= 0.3 is 0 Å². The molecule has 0 bridgehead atoms. The van der Waals surface area contributed by atoms with E-state index in [4.69, 9.17) is 9.05 Å². The number of hydrogen-bond acceptors (Lipinski definition) is 6. The maximum absolute atomic E-state index is 12.8. The van der Waals surface area contributed by atoms with Crippen LogP contribution in [-0.2, 0) is 18.4 Å². The van der Waals surface area contributed by atoms with Gasteiger partial charge in [0.15, 0.2) is 0 Å². The fraction of sp³-hybridized carbons (Fsp3) is 0.729. The fourth-order valence-corrected chi connectivity index (χ4v) is 6.74. The van der Waals surface area contributed by atoms with Gasteiger partial charge in [0.2, 0.25) is 5.91 Å². The number of carbonyl (C=O) groups excluding carboxylic acids is 1. The monoisotopic (exact) mass is 819 g/mol. The van der Waals surface area contributed by atoms with Crippen LogP contribution < -0.4 is 10.2 Å². The zero-order valence-electron chi connectivity index (χ0n) is 37.3. The number of quaternary nitrogens is 1. The van der Waals surface area contributed by atoms with Crippen LogP contribution in [0.1, 0.15) is 174 Å². The van der Waals surface area contributed by atoms with Crippen molar-refractivity contribution in [1.29, 1.82) is 0 Å². The van der Waals surface area contributed by atoms with E-state index in [1.54, 1.807) is 6.08 Å². The van der Waals surface area contributed by atoms with E-state index < -0.39 is 26.6 Å². The molecule has 0 aromatic rings. The highest BCUT2D eigenvalue weighted by Gasteiger charge is 2.23. The minimum atomic E-state index is -4.61. The summed E-state index contributed by atoms with van der Waals surface area (Å²) >= 11 is 0. The third-order valence-corrected chi connectivity index (χ3v) is 10.6. The van der Waals surface area contributed by atoms with E-state index in [1.165, 1.54) is 70.6 Å². The van der Waals surface area contributed by atoms with Crippen LogP contribution in [0.3, 0.4) is 0 Å². The summed E-state index contributed by atoms with van der Waals surface area (Å²) in [7, 11) is 1.21. The zero-order valence-corrected chi connectivity index (χ0v) is 38.2. The molecule has 0 fully saturated rings. The summed E-state index contributed by atoms with van der Waals surface area (Å²) in [6.45, 7) is 4.47. The Labute approximate surface area is 351 Å². The van der Waals surface area contributed by atoms with Crippen LogP contribution in [0.2, 0.25) is 0 Å². The van der Waals surface area contributed by atoms with Gasteiger partial charge in [-0.2, -0.15) is 0 Å². The predicted octanol–water partition coefficient (Wildman–Crippen LogP) is 12.2. The highest BCUT2D eigenvalue weighted by Crippen LogP contribution is 2.38. The van der Waals surface area contributed by atoms with Crippen LogP contribution in [-0.4, -0.2) is 68.5 Å². The molecule has 0 spiro atoms. The lowest BCUT2D eigenvalue weighted by Crippen LogP contribution is -2.45. The normalized spacial score (nSPS) is 15.0. The Morgan fingerprint density at radius 1 is 0.632 bits per heavy atom. The molecule has 330 valence electrons. The number of phosphoric acid groups is 1. The lowest BCUT2D eigenvalue weighted by molar-refractivity contribution is -0.870. The Bertz CT molecular complexity index is 1160. The first-order valence-corrected chi connectivity index (χ1v) is 24.3. The van der Waals surface area contributed by atoms with E-state index in [0.29, 0.717) is 17.4 Å². The number of carbonyl (C=O) groups is 1. The Morgan fingerprint density at radius 3 is 1.63 bits per heavy atom. The summed E-state index contributed by atoms with van der Waals surface area (Å²) in [5.41, 5.74) is 0. The predicted molar refractivity (Wildman–Crippen MR) is 242 cm³/mol. The molecular formula is C48H87N2O6P. The molecule has 0 aliphatic carbocycles. The number of unbranched alkanes of at least 4 members (excludes halogenated alkanes) is 17. The molecule has 0 rings (SSSR count). The van der Waals surface area contributed by atoms with Crippen molar-refractivity contribution in [2.75, 3.05) is 40.9 Å². The van der Waals surface area contributed by atoms with E-state index in [0.717, 1.165) is 83.5 Å². The number of amides is 1. The number of nitrogens with one attached hydrogen (secondary N) is 1. The van der Waals surface area contributed by atoms with Crippen LogP contribution >= 0.6 is 7.82 Å². The molecular weight excluding hydrogens is 732 g/mol. The van der Waals surface area contributed by atoms with E-state index in [1.807, 2.05) is 27.2 Å². The van der Waals surface area contributed by atoms with E-state index in [2.05, 4.69) is 79.9 Å². The van der Waals surface area contributed by atoms with Gasteiger partial charge in [-0.05, 0) is 77.0 Å². The smallest absolute Gasteiger partial charge is 0.268 e. The quantitative estimate of drug-likeness (QED) is 0.0276. The lowest BCUT2D eigenvalue weighted by Gasteiger charge is -2.29. The van der Waals surface area contributed by atoms with Crippen molar-refractivity contribution in [3.63, 3.8) is 0 Å². The number of aliphatic hydroxyl groups is 1. The molecule has 0 aromatic carbocycles. The lowest BCUT2D eigenvalue weighted by atomic mass is 10.1. The summed E-state index contributed by atoms with van der Waals surface area (Å²) in [6.07, 6.45) is 52.4. The van der Waals surface area contributed by atoms with Gasteiger partial charge < -0.3 is 28.8 Å². The molecule has 1 amide bonds. The second kappa shape index (κ2) is 39.4. The molecule has 0 saturated carbocycles. The topological polar surface area (TPSA) is 108 Å². The van der Waals surface area contributed by atoms with Crippen molar-refractivity contribution >= 4 is 13.7 Å². The first-order chi connectivity index (χ1) is 27.5. The highest BCUT2D eigenvalue weighted by molar-refractivity contribution is 7.45. The molecule has 3 unspecified atom stereocenters. The van der Waals surface area contributed by atoms with E-state index in [9.17, 15) is 19.4 Å². The SMILES string of the molecule is CC/C=C\C/C=C\C/C=C\CCCCCCCC(=O)NC(COP(=O)([O-])OCC[N+](C)(C)C)C(O)/C=C/CC/C=C/CC/C=C/CCCCCCCCCCCC. The number of hydrogen-bond donors (Lipinski definition) is 2. The maximum atomic E-state index is 12.8. The van der Waals surface area contributed by atoms with Gasteiger partial charge in [-0.15, -0.1) is 0 Å². The maximum Gasteiger partial charge on any atom is 0.268 e. The molecule has 9 heteroatoms. The number of nitrogens with zero attached hydrogens (tertiary/aromatic N) is 1. The fourth-order valence-electron chi connectivity index (χ4n) is 6.02. The highest BCUT2D eigenvalue weighted by atomic mass is 31.2. The molecule has 57 heavy (non-hydrogen) atoms. The van der Waals surface area contributed by atoms with Crippen LogP contribution in [0.25, 0.3) is 0 Å². The van der Waals surface area contributed by atoms with Gasteiger partial charge in [-0.25, -0.2) is 0 Å². The Balaban J connectivity index is 4.52. The Hall–Kier alpha value is -2.06. The molecule has 2 N–H and O–H groups in total. The van der Waals surface area contributed by atoms with Crippen LogP contribution in [0.15, 0.2) is 72.9 Å². The van der Waals surface area contributed by atoms with Gasteiger partial charge in [0.1, 0.15) is 13.2 Å². The Morgan fingerprint density at radius 2 is 1.09 bits per heavy atom. The third-order valence-electron chi connectivity index (χ3n) is 9.63. The largest absolute Gasteiger partial charge is 0.756 e. The number of rotatable bonds is 40. The summed E-state index contributed by atoms with van der Waals surface area (Å²) in [5, 5.41) is 13.7. The van der Waals surface area contributed by atoms with Gasteiger partial charge in [0.05, 0.1) is 39.9 Å². The number of likely N-dealkylation sites (N-methyl/N-ethyl adjacent to an activating group) is 1. The molecule has 0 aliphatic heterocycles. The molecule has 3 atom stereocenters. The minimum Gasteiger partial charge on any atom is -0.756 e. The number of phosphoric ester groups is 1. The summed E-state index contributed by atoms with van der Waals surface area (Å²) < 4.78 is 23.2. The number of aliphatic hydroxyl groups excluding tert-OH is 1. The van der Waals surface area contributed by atoms with Gasteiger partial charge in [-0.3, -0.25) is 9.36 Å². The second-order valence-electron chi connectivity index (χ2n) is 16.4. The van der Waals surface area contributed by atoms with Crippen molar-refractivity contribution in [1.82, 2.24) is 5.32 Å². The first-order valence-electron chi connectivity index (χ1n) is 22.8. The van der Waals surface area contributed by atoms with Gasteiger partial charge in [-0.1, -0.05) is 164 Å². The van der Waals surface area contributed by atoms with Crippen LogP contribution in [0.5, 0.6) is 0 Å². The van der Waals surface area contributed by atoms with Crippen molar-refractivity contribution in [3.8, 4) is 0 Å². The van der Waals surface area contributed by atoms with Crippen LogP contribution in [0.4, 0.5) is 0 Å². The second-order valence-corrected chi connectivity index (χ2v) is 17.8. The van der Waals surface area contributed by atoms with Crippen molar-refractivity contribution < 1.29 is 32.9 Å². The van der Waals surface area contributed by atoms with Crippen LogP contribution in [0, 0.1) is 0 Å². The van der Waals surface area contributed by atoms with Crippen molar-refractivity contribution in [3.05, 3.63) is 72.9 Å². The van der Waals surface area contributed by atoms with E-state index in [-0.39, 0.29) is 12.5 Å². The molecule has 0 aliphatic rings. The summed E-state index contributed by atoms with van der Waals surface area (Å²) in [4.78, 5) is 25.3. The summed E-state index contributed by atoms with van der Waals surface area (Å²) in [5.74, 6) is -0.232.